The molecule has 1 unspecified atom stereocenters. The van der Waals surface area contributed by atoms with Crippen molar-refractivity contribution >= 4 is 18.1 Å². The van der Waals surface area contributed by atoms with Crippen molar-refractivity contribution in [2.24, 2.45) is 10.9 Å². The maximum Gasteiger partial charge on any atom is 0.338 e. The van der Waals surface area contributed by atoms with Crippen molar-refractivity contribution < 1.29 is 19.4 Å². The van der Waals surface area contributed by atoms with Crippen LogP contribution in [0.2, 0.25) is 0 Å². The molecule has 7 heteroatoms. The van der Waals surface area contributed by atoms with E-state index in [0.717, 1.165) is 6.29 Å². The number of nitrogens with zero attached hydrogens (tertiary/aromatic N) is 2. The minimum Gasteiger partial charge on any atom is -0.481 e. The average molecular weight is 321 g/mol. The number of ether oxygens (including phenoxy) is 1. The van der Waals surface area contributed by atoms with Crippen molar-refractivity contribution in [1.29, 1.82) is 0 Å². The molecule has 0 aromatic carbocycles. The van der Waals surface area contributed by atoms with Gasteiger partial charge in [0.15, 0.2) is 0 Å². The molecule has 0 saturated heterocycles. The van der Waals surface area contributed by atoms with Crippen LogP contribution in [0, 0.1) is 12.8 Å². The number of rotatable bonds is 6. The second-order valence-corrected chi connectivity index (χ2v) is 5.72. The number of aliphatic imine (C=N–C) groups is 1. The zero-order chi connectivity index (χ0) is 17.8. The number of hydrogen-bond donors (Lipinski definition) is 2. The van der Waals surface area contributed by atoms with Gasteiger partial charge >= 0.3 is 5.97 Å². The Labute approximate surface area is 135 Å². The number of nitrogens with one attached hydrogen (secondary N) is 1. The van der Waals surface area contributed by atoms with Crippen LogP contribution in [0.4, 0.5) is 0 Å². The number of amidine groups is 1. The molecule has 7 nitrogen and oxygen atoms in total. The second-order valence-electron chi connectivity index (χ2n) is 5.72. The summed E-state index contributed by atoms with van der Waals surface area (Å²) in [4.78, 5) is 31.6. The lowest BCUT2D eigenvalue weighted by Crippen LogP contribution is -2.36. The van der Waals surface area contributed by atoms with Crippen molar-refractivity contribution in [3.63, 3.8) is 0 Å². The molecule has 0 spiro atoms. The highest BCUT2D eigenvalue weighted by Gasteiger charge is 2.29. The van der Waals surface area contributed by atoms with E-state index in [1.54, 1.807) is 20.9 Å². The van der Waals surface area contributed by atoms with Gasteiger partial charge in [-0.1, -0.05) is 13.8 Å². The SMILES string of the molecule is CN/C(=N\C(C)(C=O)C(C)C)c1nc(OC)c(C)cc1C(=O)O. The van der Waals surface area contributed by atoms with Gasteiger partial charge in [0.2, 0.25) is 5.88 Å². The summed E-state index contributed by atoms with van der Waals surface area (Å²) in [5.74, 6) is -0.656. The number of aromatic nitrogens is 1. The fourth-order valence-electron chi connectivity index (χ4n) is 1.91. The Kier molecular flexibility index (Phi) is 5.84. The first-order valence-corrected chi connectivity index (χ1v) is 7.23. The van der Waals surface area contributed by atoms with Crippen LogP contribution in [-0.4, -0.2) is 47.9 Å². The normalized spacial score (nSPS) is 14.3. The molecule has 0 aliphatic rings. The second kappa shape index (κ2) is 7.21. The molecule has 0 saturated carbocycles. The Morgan fingerprint density at radius 1 is 1.52 bits per heavy atom. The molecule has 0 radical (unpaired) electrons. The van der Waals surface area contributed by atoms with E-state index in [-0.39, 0.29) is 23.0 Å². The van der Waals surface area contributed by atoms with Crippen LogP contribution in [0.25, 0.3) is 0 Å². The Balaban J connectivity index is 3.63. The lowest BCUT2D eigenvalue weighted by atomic mass is 9.91. The number of carboxylic acids is 1. The maximum atomic E-state index is 11.5. The summed E-state index contributed by atoms with van der Waals surface area (Å²) in [5.41, 5.74) is -0.260. The molecule has 0 bridgehead atoms. The molecule has 126 valence electrons. The number of carboxylic acid groups (broad SMARTS) is 1. The number of pyridine rings is 1. The third-order valence-corrected chi connectivity index (χ3v) is 3.81. The molecule has 1 aromatic heterocycles. The lowest BCUT2D eigenvalue weighted by molar-refractivity contribution is -0.112. The van der Waals surface area contributed by atoms with Crippen LogP contribution in [-0.2, 0) is 4.79 Å². The third kappa shape index (κ3) is 3.85. The molecule has 0 amide bonds. The smallest absolute Gasteiger partial charge is 0.338 e. The first-order valence-electron chi connectivity index (χ1n) is 7.23. The fourth-order valence-corrected chi connectivity index (χ4v) is 1.91. The topological polar surface area (TPSA) is 101 Å². The van der Waals surface area contributed by atoms with Crippen LogP contribution in [0.5, 0.6) is 5.88 Å². The van der Waals surface area contributed by atoms with Gasteiger partial charge < -0.3 is 20.0 Å². The highest BCUT2D eigenvalue weighted by molar-refractivity contribution is 6.06. The van der Waals surface area contributed by atoms with Crippen molar-refractivity contribution in [2.75, 3.05) is 14.2 Å². The Morgan fingerprint density at radius 3 is 2.52 bits per heavy atom. The van der Waals surface area contributed by atoms with E-state index in [9.17, 15) is 14.7 Å². The summed E-state index contributed by atoms with van der Waals surface area (Å²) in [6.45, 7) is 7.13. The first-order chi connectivity index (χ1) is 10.7. The number of methoxy groups -OCH3 is 1. The van der Waals surface area contributed by atoms with Gasteiger partial charge in [-0.05, 0) is 25.8 Å². The predicted molar refractivity (Wildman–Crippen MR) is 87.4 cm³/mol. The zero-order valence-electron chi connectivity index (χ0n) is 14.3. The van der Waals surface area contributed by atoms with Crippen molar-refractivity contribution in [3.05, 3.63) is 22.9 Å². The van der Waals surface area contributed by atoms with E-state index in [0.29, 0.717) is 11.4 Å². The molecule has 0 aliphatic heterocycles. The minimum absolute atomic E-state index is 0.00611. The van der Waals surface area contributed by atoms with E-state index < -0.39 is 11.5 Å². The summed E-state index contributed by atoms with van der Waals surface area (Å²) < 4.78 is 5.16. The summed E-state index contributed by atoms with van der Waals surface area (Å²) in [6, 6.07) is 1.48. The van der Waals surface area contributed by atoms with Crippen LogP contribution in [0.3, 0.4) is 0 Å². The summed E-state index contributed by atoms with van der Waals surface area (Å²) in [7, 11) is 3.06. The van der Waals surface area contributed by atoms with Crippen LogP contribution >= 0.6 is 0 Å². The van der Waals surface area contributed by atoms with Gasteiger partial charge in [0, 0.05) is 12.6 Å². The van der Waals surface area contributed by atoms with E-state index >= 15 is 0 Å². The van der Waals surface area contributed by atoms with Gasteiger partial charge in [0.05, 0.1) is 12.7 Å². The summed E-state index contributed by atoms with van der Waals surface area (Å²) in [5, 5.41) is 12.3. The monoisotopic (exact) mass is 321 g/mol. The zero-order valence-corrected chi connectivity index (χ0v) is 14.3. The number of hydrogen-bond acceptors (Lipinski definition) is 5. The Bertz CT molecular complexity index is 640. The third-order valence-electron chi connectivity index (χ3n) is 3.81. The number of aryl methyl sites for hydroxylation is 1. The first kappa shape index (κ1) is 18.6. The molecule has 2 N–H and O–H groups in total. The molecule has 0 fully saturated rings. The average Bonchev–Trinajstić information content (AvgIpc) is 2.51. The van der Waals surface area contributed by atoms with Gasteiger partial charge in [-0.15, -0.1) is 0 Å². The summed E-state index contributed by atoms with van der Waals surface area (Å²) >= 11 is 0. The Hall–Kier alpha value is -2.44. The summed E-state index contributed by atoms with van der Waals surface area (Å²) in [6.07, 6.45) is 0.751. The fraction of sp³-hybridized carbons (Fsp3) is 0.500. The van der Waals surface area contributed by atoms with Crippen molar-refractivity contribution in [1.82, 2.24) is 10.3 Å². The molecule has 23 heavy (non-hydrogen) atoms. The minimum atomic E-state index is -1.13. The van der Waals surface area contributed by atoms with E-state index in [1.165, 1.54) is 13.2 Å². The van der Waals surface area contributed by atoms with E-state index in [4.69, 9.17) is 4.74 Å². The predicted octanol–water partition coefficient (Wildman–Crippen LogP) is 1.68. The van der Waals surface area contributed by atoms with Crippen LogP contribution in [0.1, 0.15) is 42.4 Å². The van der Waals surface area contributed by atoms with E-state index in [1.807, 2.05) is 13.8 Å². The standard InChI is InChI=1S/C16H23N3O4/c1-9(2)16(4,8-20)19-13(17-5)12-11(15(21)22)7-10(3)14(18-12)23-6/h7-9H,1-6H3,(H,17,19)(H,21,22). The highest BCUT2D eigenvalue weighted by Crippen LogP contribution is 2.23. The number of aldehydes is 1. The van der Waals surface area contributed by atoms with Gasteiger partial charge in [0.25, 0.3) is 0 Å². The maximum absolute atomic E-state index is 11.5. The molecular weight excluding hydrogens is 298 g/mol. The molecule has 1 atom stereocenters. The van der Waals surface area contributed by atoms with Gasteiger partial charge in [0.1, 0.15) is 23.4 Å². The van der Waals surface area contributed by atoms with Crippen LogP contribution in [0.15, 0.2) is 11.1 Å². The van der Waals surface area contributed by atoms with Crippen molar-refractivity contribution in [2.45, 2.75) is 33.2 Å². The number of carbonyl (C=O) groups is 2. The molecule has 1 rings (SSSR count). The molecule has 1 aromatic rings. The highest BCUT2D eigenvalue weighted by atomic mass is 16.5. The van der Waals surface area contributed by atoms with Gasteiger partial charge in [-0.2, -0.15) is 0 Å². The number of carbonyl (C=O) groups excluding carboxylic acids is 1. The number of aromatic carboxylic acids is 1. The van der Waals surface area contributed by atoms with Crippen LogP contribution < -0.4 is 10.1 Å². The van der Waals surface area contributed by atoms with E-state index in [2.05, 4.69) is 15.3 Å². The quantitative estimate of drug-likeness (QED) is 0.469. The van der Waals surface area contributed by atoms with Crippen molar-refractivity contribution in [3.8, 4) is 5.88 Å². The molecule has 0 aliphatic carbocycles. The molecular formula is C16H23N3O4. The molecule has 1 heterocycles. The van der Waals surface area contributed by atoms with Gasteiger partial charge in [-0.25, -0.2) is 9.78 Å². The van der Waals surface area contributed by atoms with Gasteiger partial charge in [-0.3, -0.25) is 4.99 Å². The Morgan fingerprint density at radius 2 is 2.13 bits per heavy atom. The largest absolute Gasteiger partial charge is 0.481 e. The lowest BCUT2D eigenvalue weighted by Gasteiger charge is -2.24.